The minimum Gasteiger partial charge on any atom is -0.394 e. The highest BCUT2D eigenvalue weighted by Crippen LogP contribution is 2.64. The minimum absolute atomic E-state index is 0. The van der Waals surface area contributed by atoms with Gasteiger partial charge in [0, 0.05) is 30.7 Å². The highest BCUT2D eigenvalue weighted by atomic mass is 35.5. The molecule has 28 heavy (non-hydrogen) atoms. The maximum absolute atomic E-state index is 13.2. The van der Waals surface area contributed by atoms with Crippen LogP contribution in [0.3, 0.4) is 0 Å². The molecule has 0 saturated heterocycles. The zero-order chi connectivity index (χ0) is 19.4. The van der Waals surface area contributed by atoms with E-state index in [-0.39, 0.29) is 29.2 Å². The van der Waals surface area contributed by atoms with Crippen LogP contribution in [0.25, 0.3) is 0 Å². The molecule has 0 spiro atoms. The molecule has 6 heteroatoms. The number of nitrogens with zero attached hydrogens (tertiary/aromatic N) is 1. The Hall–Kier alpha value is -0.940. The molecule has 0 radical (unpaired) electrons. The van der Waals surface area contributed by atoms with E-state index in [1.54, 1.807) is 0 Å². The van der Waals surface area contributed by atoms with Gasteiger partial charge in [-0.3, -0.25) is 9.59 Å². The number of halogens is 1. The van der Waals surface area contributed by atoms with Gasteiger partial charge >= 0.3 is 0 Å². The van der Waals surface area contributed by atoms with Gasteiger partial charge in [-0.15, -0.1) is 12.4 Å². The Morgan fingerprint density at radius 3 is 2.64 bits per heavy atom. The van der Waals surface area contributed by atoms with Gasteiger partial charge in [-0.1, -0.05) is 25.9 Å². The lowest BCUT2D eigenvalue weighted by atomic mass is 9.44. The second kappa shape index (κ2) is 7.71. The Morgan fingerprint density at radius 1 is 1.18 bits per heavy atom. The molecule has 4 rings (SSSR count). The van der Waals surface area contributed by atoms with E-state index in [9.17, 15) is 9.59 Å². The predicted octanol–water partition coefficient (Wildman–Crippen LogP) is 3.78. The standard InChI is InChI=1S/C22H34N2O3.ClH/c1-13-12-22(3)16-6-7-21(2)15(4-5-20(21)26)14(16)10-19(25)17(22)11-18(13)24-27-9-8-23;/h13-17H,4-12,23H2,1-3H3;1H/b24-18+;/t13-,14+,15+,16+,17?,21+,22-;/m1./s1. The first-order chi connectivity index (χ1) is 12.8. The lowest BCUT2D eigenvalue weighted by molar-refractivity contribution is -0.153. The molecule has 4 fully saturated rings. The van der Waals surface area contributed by atoms with Crippen molar-refractivity contribution in [2.45, 2.75) is 65.7 Å². The van der Waals surface area contributed by atoms with Crippen LogP contribution in [0.5, 0.6) is 0 Å². The average Bonchev–Trinajstić information content (AvgIpc) is 2.92. The third-order valence-electron chi connectivity index (χ3n) is 8.73. The zero-order valence-corrected chi connectivity index (χ0v) is 18.2. The molecule has 4 saturated carbocycles. The number of nitrogens with two attached hydrogens (primary N) is 1. The van der Waals surface area contributed by atoms with Gasteiger partial charge < -0.3 is 10.6 Å². The SMILES string of the molecule is C[C@@H]1C[C@@]2(C)C(C/C1=N\OCCN)C(=O)C[C@@H]1[C@@H]2CC[C@]2(C)C(=O)CC[C@@H]12.Cl. The normalized spacial score (nSPS) is 46.4. The summed E-state index contributed by atoms with van der Waals surface area (Å²) in [4.78, 5) is 31.1. The Kier molecular flexibility index (Phi) is 6.00. The van der Waals surface area contributed by atoms with Crippen LogP contribution in [-0.2, 0) is 14.4 Å². The van der Waals surface area contributed by atoms with E-state index in [0.717, 1.165) is 37.8 Å². The fourth-order valence-corrected chi connectivity index (χ4v) is 7.30. The van der Waals surface area contributed by atoms with E-state index in [4.69, 9.17) is 10.6 Å². The first-order valence-corrected chi connectivity index (χ1v) is 10.8. The van der Waals surface area contributed by atoms with Crippen LogP contribution < -0.4 is 5.73 Å². The summed E-state index contributed by atoms with van der Waals surface area (Å²) in [5.41, 5.74) is 6.37. The summed E-state index contributed by atoms with van der Waals surface area (Å²) in [6.45, 7) is 7.61. The fourth-order valence-electron chi connectivity index (χ4n) is 7.30. The first-order valence-electron chi connectivity index (χ1n) is 10.8. The number of hydrogen-bond acceptors (Lipinski definition) is 5. The van der Waals surface area contributed by atoms with Crippen molar-refractivity contribution < 1.29 is 14.4 Å². The number of oxime groups is 1. The van der Waals surface area contributed by atoms with Crippen LogP contribution in [0, 0.1) is 40.4 Å². The maximum atomic E-state index is 13.2. The molecule has 0 amide bonds. The molecule has 7 atom stereocenters. The van der Waals surface area contributed by atoms with Gasteiger partial charge in [0.15, 0.2) is 0 Å². The maximum Gasteiger partial charge on any atom is 0.139 e. The van der Waals surface area contributed by atoms with Crippen LogP contribution in [0.4, 0.5) is 0 Å². The van der Waals surface area contributed by atoms with Crippen LogP contribution in [0.2, 0.25) is 0 Å². The number of ketones is 2. The fraction of sp³-hybridized carbons (Fsp3) is 0.864. The van der Waals surface area contributed by atoms with E-state index >= 15 is 0 Å². The lowest BCUT2D eigenvalue weighted by Gasteiger charge is -2.59. The van der Waals surface area contributed by atoms with Crippen LogP contribution in [0.15, 0.2) is 5.16 Å². The summed E-state index contributed by atoms with van der Waals surface area (Å²) in [5, 5.41) is 4.33. The van der Waals surface area contributed by atoms with Gasteiger partial charge in [0.1, 0.15) is 18.2 Å². The van der Waals surface area contributed by atoms with Gasteiger partial charge in [0.05, 0.1) is 5.71 Å². The number of carbonyl (C=O) groups is 2. The van der Waals surface area contributed by atoms with Crippen molar-refractivity contribution in [3.63, 3.8) is 0 Å². The number of rotatable bonds is 3. The molecular formula is C22H35ClN2O3. The van der Waals surface area contributed by atoms with Gasteiger partial charge in [-0.05, 0) is 61.2 Å². The molecule has 4 aliphatic rings. The summed E-state index contributed by atoms with van der Waals surface area (Å²) in [6.07, 6.45) is 6.17. The van der Waals surface area contributed by atoms with Crippen molar-refractivity contribution in [2.24, 2.45) is 51.3 Å². The molecule has 158 valence electrons. The smallest absolute Gasteiger partial charge is 0.139 e. The molecule has 4 aliphatic carbocycles. The van der Waals surface area contributed by atoms with Crippen LogP contribution in [-0.4, -0.2) is 30.4 Å². The first kappa shape index (κ1) is 21.8. The molecule has 0 aromatic heterocycles. The number of carbonyl (C=O) groups excluding carboxylic acids is 2. The molecule has 2 N–H and O–H groups in total. The molecule has 0 aliphatic heterocycles. The molecule has 0 aromatic rings. The zero-order valence-electron chi connectivity index (χ0n) is 17.4. The van der Waals surface area contributed by atoms with Crippen molar-refractivity contribution in [1.29, 1.82) is 0 Å². The third-order valence-corrected chi connectivity index (χ3v) is 8.73. The van der Waals surface area contributed by atoms with Crippen molar-refractivity contribution >= 4 is 29.7 Å². The predicted molar refractivity (Wildman–Crippen MR) is 111 cm³/mol. The summed E-state index contributed by atoms with van der Waals surface area (Å²) in [7, 11) is 0. The van der Waals surface area contributed by atoms with Crippen molar-refractivity contribution in [3.05, 3.63) is 0 Å². The number of fused-ring (bicyclic) bond motifs is 5. The topological polar surface area (TPSA) is 81.8 Å². The van der Waals surface area contributed by atoms with E-state index < -0.39 is 0 Å². The molecule has 0 aromatic carbocycles. The summed E-state index contributed by atoms with van der Waals surface area (Å²) in [6, 6.07) is 0. The molecule has 1 unspecified atom stereocenters. The van der Waals surface area contributed by atoms with Gasteiger partial charge in [-0.25, -0.2) is 0 Å². The van der Waals surface area contributed by atoms with Crippen molar-refractivity contribution in [1.82, 2.24) is 0 Å². The van der Waals surface area contributed by atoms with Crippen molar-refractivity contribution in [2.75, 3.05) is 13.2 Å². The van der Waals surface area contributed by atoms with E-state index in [2.05, 4.69) is 25.9 Å². The number of hydrogen-bond donors (Lipinski definition) is 1. The Labute approximate surface area is 174 Å². The molecular weight excluding hydrogens is 376 g/mol. The quantitative estimate of drug-likeness (QED) is 0.567. The minimum atomic E-state index is -0.173. The van der Waals surface area contributed by atoms with Gasteiger partial charge in [0.2, 0.25) is 0 Å². The van der Waals surface area contributed by atoms with Crippen LogP contribution >= 0.6 is 12.4 Å². The molecule has 0 heterocycles. The van der Waals surface area contributed by atoms with E-state index in [0.29, 0.717) is 61.2 Å². The van der Waals surface area contributed by atoms with E-state index in [1.165, 1.54) is 0 Å². The second-order valence-corrected chi connectivity index (χ2v) is 10.0. The average molecular weight is 411 g/mol. The Morgan fingerprint density at radius 2 is 1.93 bits per heavy atom. The summed E-state index contributed by atoms with van der Waals surface area (Å²) < 4.78 is 0. The Balaban J connectivity index is 0.00000225. The molecule has 0 bridgehead atoms. The summed E-state index contributed by atoms with van der Waals surface area (Å²) >= 11 is 0. The van der Waals surface area contributed by atoms with Gasteiger partial charge in [-0.2, -0.15) is 0 Å². The highest BCUT2D eigenvalue weighted by molar-refractivity contribution is 5.94. The van der Waals surface area contributed by atoms with Gasteiger partial charge in [0.25, 0.3) is 0 Å². The lowest BCUT2D eigenvalue weighted by Crippen LogP contribution is -2.57. The Bertz CT molecular complexity index is 681. The second-order valence-electron chi connectivity index (χ2n) is 10.0. The monoisotopic (exact) mass is 410 g/mol. The van der Waals surface area contributed by atoms with Crippen molar-refractivity contribution in [3.8, 4) is 0 Å². The van der Waals surface area contributed by atoms with E-state index in [1.807, 2.05) is 0 Å². The summed E-state index contributed by atoms with van der Waals surface area (Å²) in [5.74, 6) is 2.56. The highest BCUT2D eigenvalue weighted by Gasteiger charge is 2.62. The third kappa shape index (κ3) is 3.13. The van der Waals surface area contributed by atoms with Crippen LogP contribution in [0.1, 0.15) is 65.7 Å². The number of Topliss-reactive ketones (excluding diaryl/α,β-unsaturated/α-hetero) is 2. The largest absolute Gasteiger partial charge is 0.394 e. The molecule has 5 nitrogen and oxygen atoms in total.